The van der Waals surface area contributed by atoms with Gasteiger partial charge in [-0.1, -0.05) is 17.7 Å². The number of fused-ring (bicyclic) bond motifs is 1. The predicted octanol–water partition coefficient (Wildman–Crippen LogP) is 5.35. The molecule has 0 saturated carbocycles. The lowest BCUT2D eigenvalue weighted by molar-refractivity contribution is -0.174. The highest BCUT2D eigenvalue weighted by Crippen LogP contribution is 2.44. The number of hydrogen-bond donors (Lipinski definition) is 2. The number of carbonyl (C=O) groups excluding carboxylic acids is 1. The molecule has 3 aromatic rings. The van der Waals surface area contributed by atoms with E-state index in [1.54, 1.807) is 37.3 Å². The van der Waals surface area contributed by atoms with Crippen LogP contribution in [0.5, 0.6) is 0 Å². The lowest BCUT2D eigenvalue weighted by Crippen LogP contribution is -2.36. The Labute approximate surface area is 168 Å². The molecule has 3 heterocycles. The van der Waals surface area contributed by atoms with Crippen molar-refractivity contribution in [2.75, 3.05) is 10.6 Å². The van der Waals surface area contributed by atoms with Crippen LogP contribution < -0.4 is 10.6 Å². The zero-order chi connectivity index (χ0) is 20.8. The fourth-order valence-corrected chi connectivity index (χ4v) is 3.51. The number of rotatable bonds is 3. The van der Waals surface area contributed by atoms with Crippen molar-refractivity contribution >= 4 is 29.0 Å². The lowest BCUT2D eigenvalue weighted by atomic mass is 10.0. The van der Waals surface area contributed by atoms with E-state index in [2.05, 4.69) is 15.7 Å². The molecule has 152 valence electrons. The number of amides is 1. The second-order valence-corrected chi connectivity index (χ2v) is 7.13. The summed E-state index contributed by atoms with van der Waals surface area (Å²) in [6.45, 7) is 1.73. The number of anilines is 2. The minimum Gasteiger partial charge on any atom is -0.467 e. The molecule has 1 amide bonds. The summed E-state index contributed by atoms with van der Waals surface area (Å²) in [6, 6.07) is 5.56. The summed E-state index contributed by atoms with van der Waals surface area (Å²) in [5, 5.41) is 9.95. The Morgan fingerprint density at radius 1 is 1.34 bits per heavy atom. The highest BCUT2D eigenvalue weighted by Gasteiger charge is 2.47. The average molecular weight is 425 g/mol. The maximum Gasteiger partial charge on any atom is 0.410 e. The summed E-state index contributed by atoms with van der Waals surface area (Å²) >= 11 is 6.07. The second kappa shape index (κ2) is 7.14. The number of aromatic nitrogens is 2. The lowest BCUT2D eigenvalue weighted by Gasteiger charge is -2.32. The maximum absolute atomic E-state index is 13.7. The molecule has 4 rings (SSSR count). The van der Waals surface area contributed by atoms with E-state index in [0.717, 1.165) is 10.9 Å². The van der Waals surface area contributed by atoms with Crippen molar-refractivity contribution in [1.82, 2.24) is 9.78 Å². The van der Waals surface area contributed by atoms with Crippen molar-refractivity contribution in [3.8, 4) is 0 Å². The van der Waals surface area contributed by atoms with E-state index in [-0.39, 0.29) is 17.8 Å². The van der Waals surface area contributed by atoms with Gasteiger partial charge in [0.25, 0.3) is 5.91 Å². The van der Waals surface area contributed by atoms with Crippen molar-refractivity contribution < 1.29 is 22.4 Å². The van der Waals surface area contributed by atoms with Crippen LogP contribution in [0.3, 0.4) is 0 Å². The van der Waals surface area contributed by atoms with Crippen LogP contribution in [-0.4, -0.2) is 21.9 Å². The van der Waals surface area contributed by atoms with E-state index in [9.17, 15) is 18.0 Å². The summed E-state index contributed by atoms with van der Waals surface area (Å²) in [5.74, 6) is -0.258. The third kappa shape index (κ3) is 3.57. The summed E-state index contributed by atoms with van der Waals surface area (Å²) in [4.78, 5) is 12.8. The minimum atomic E-state index is -4.54. The number of halogens is 4. The fourth-order valence-electron chi connectivity index (χ4n) is 3.34. The number of alkyl halides is 3. The van der Waals surface area contributed by atoms with E-state index in [4.69, 9.17) is 16.0 Å². The van der Waals surface area contributed by atoms with Gasteiger partial charge in [-0.25, -0.2) is 4.68 Å². The molecule has 0 spiro atoms. The van der Waals surface area contributed by atoms with Crippen LogP contribution in [0, 0.1) is 6.92 Å². The van der Waals surface area contributed by atoms with Gasteiger partial charge in [-0.2, -0.15) is 18.3 Å². The van der Waals surface area contributed by atoms with Gasteiger partial charge < -0.3 is 15.1 Å². The highest BCUT2D eigenvalue weighted by atomic mass is 35.5. The second-order valence-electron chi connectivity index (χ2n) is 6.72. The molecule has 6 nitrogen and oxygen atoms in total. The molecule has 2 N–H and O–H groups in total. The first-order valence-corrected chi connectivity index (χ1v) is 9.14. The SMILES string of the molecule is Cc1c(Cl)cccc1NC(=O)c1cnn2c1N[C@@H](c1ccco1)C[C@H]2C(F)(F)F. The first-order valence-electron chi connectivity index (χ1n) is 8.76. The largest absolute Gasteiger partial charge is 0.467 e. The summed E-state index contributed by atoms with van der Waals surface area (Å²) in [6.07, 6.45) is -2.33. The first-order chi connectivity index (χ1) is 13.8. The Kier molecular flexibility index (Phi) is 4.77. The van der Waals surface area contributed by atoms with Gasteiger partial charge >= 0.3 is 6.18 Å². The van der Waals surface area contributed by atoms with E-state index >= 15 is 0 Å². The molecule has 2 aromatic heterocycles. The van der Waals surface area contributed by atoms with E-state index in [1.807, 2.05) is 0 Å². The fraction of sp³-hybridized carbons (Fsp3) is 0.263. The Morgan fingerprint density at radius 2 is 2.14 bits per heavy atom. The van der Waals surface area contributed by atoms with Crippen molar-refractivity contribution in [3.05, 3.63) is 64.7 Å². The molecule has 29 heavy (non-hydrogen) atoms. The van der Waals surface area contributed by atoms with Crippen molar-refractivity contribution in [3.63, 3.8) is 0 Å². The van der Waals surface area contributed by atoms with Crippen LogP contribution >= 0.6 is 11.6 Å². The number of furan rings is 1. The molecule has 2 atom stereocenters. The molecule has 0 unspecified atom stereocenters. The number of nitrogens with zero attached hydrogens (tertiary/aromatic N) is 2. The molecule has 0 radical (unpaired) electrons. The molecular formula is C19H16ClF3N4O2. The van der Waals surface area contributed by atoms with Crippen molar-refractivity contribution in [2.45, 2.75) is 31.6 Å². The van der Waals surface area contributed by atoms with Gasteiger partial charge in [0.15, 0.2) is 6.04 Å². The molecule has 0 saturated heterocycles. The summed E-state index contributed by atoms with van der Waals surface area (Å²) < 4.78 is 47.0. The Bertz CT molecular complexity index is 1050. The molecule has 0 fully saturated rings. The van der Waals surface area contributed by atoms with Gasteiger partial charge in [0.2, 0.25) is 0 Å². The van der Waals surface area contributed by atoms with Crippen molar-refractivity contribution in [2.24, 2.45) is 0 Å². The quantitative estimate of drug-likeness (QED) is 0.594. The summed E-state index contributed by atoms with van der Waals surface area (Å²) in [5.41, 5.74) is 1.11. The summed E-state index contributed by atoms with van der Waals surface area (Å²) in [7, 11) is 0. The first kappa shape index (κ1) is 19.4. The Hall–Kier alpha value is -2.94. The van der Waals surface area contributed by atoms with Crippen LogP contribution in [0.1, 0.15) is 40.2 Å². The van der Waals surface area contributed by atoms with Gasteiger partial charge in [-0.3, -0.25) is 4.79 Å². The van der Waals surface area contributed by atoms with Crippen LogP contribution in [0.4, 0.5) is 24.7 Å². The number of hydrogen-bond acceptors (Lipinski definition) is 4. The number of carbonyl (C=O) groups is 1. The molecule has 1 aromatic carbocycles. The topological polar surface area (TPSA) is 72.1 Å². The molecule has 1 aliphatic heterocycles. The predicted molar refractivity (Wildman–Crippen MR) is 101 cm³/mol. The van der Waals surface area contributed by atoms with E-state index in [1.165, 1.54) is 6.26 Å². The van der Waals surface area contributed by atoms with Crippen molar-refractivity contribution in [1.29, 1.82) is 0 Å². The Morgan fingerprint density at radius 3 is 2.83 bits per heavy atom. The third-order valence-corrected chi connectivity index (χ3v) is 5.30. The molecule has 1 aliphatic rings. The van der Waals surface area contributed by atoms with Crippen LogP contribution in [0.25, 0.3) is 0 Å². The molecule has 0 aliphatic carbocycles. The number of nitrogens with one attached hydrogen (secondary N) is 2. The smallest absolute Gasteiger partial charge is 0.410 e. The van der Waals surface area contributed by atoms with E-state index in [0.29, 0.717) is 22.0 Å². The Balaban J connectivity index is 1.70. The van der Waals surface area contributed by atoms with Crippen LogP contribution in [0.2, 0.25) is 5.02 Å². The maximum atomic E-state index is 13.7. The minimum absolute atomic E-state index is 0.00474. The normalized spacial score (nSPS) is 18.8. The van der Waals surface area contributed by atoms with Gasteiger partial charge in [0.1, 0.15) is 17.1 Å². The van der Waals surface area contributed by atoms with Gasteiger partial charge in [0, 0.05) is 17.1 Å². The monoisotopic (exact) mass is 424 g/mol. The van der Waals surface area contributed by atoms with Gasteiger partial charge in [-0.15, -0.1) is 0 Å². The van der Waals surface area contributed by atoms with Crippen LogP contribution in [0.15, 0.2) is 47.2 Å². The molecular weight excluding hydrogens is 409 g/mol. The van der Waals surface area contributed by atoms with Gasteiger partial charge in [-0.05, 0) is 36.8 Å². The molecule has 10 heteroatoms. The highest BCUT2D eigenvalue weighted by molar-refractivity contribution is 6.31. The number of benzene rings is 1. The van der Waals surface area contributed by atoms with E-state index < -0.39 is 24.2 Å². The standard InChI is InChI=1S/C19H16ClF3N4O2/c1-10-12(20)4-2-5-13(10)26-18(28)11-9-24-27-16(19(21,22)23)8-14(25-17(11)27)15-6-3-7-29-15/h2-7,9,14,16,25H,8H2,1H3,(H,26,28)/t14-,16+/m1/s1. The van der Waals surface area contributed by atoms with Gasteiger partial charge in [0.05, 0.1) is 18.5 Å². The third-order valence-electron chi connectivity index (χ3n) is 4.89. The zero-order valence-electron chi connectivity index (χ0n) is 15.1. The van der Waals surface area contributed by atoms with Crippen LogP contribution in [-0.2, 0) is 0 Å². The average Bonchev–Trinajstić information content (AvgIpc) is 3.33. The zero-order valence-corrected chi connectivity index (χ0v) is 15.9. The molecule has 0 bridgehead atoms.